The molecule has 3 rings (SSSR count). The van der Waals surface area contributed by atoms with Crippen molar-refractivity contribution in [1.29, 1.82) is 0 Å². The highest BCUT2D eigenvalue weighted by Crippen LogP contribution is 2.37. The fraction of sp³-hybridized carbons (Fsp3) is 0.522. The summed E-state index contributed by atoms with van der Waals surface area (Å²) < 4.78 is 13.5. The van der Waals surface area contributed by atoms with Gasteiger partial charge in [-0.15, -0.1) is 0 Å². The van der Waals surface area contributed by atoms with Gasteiger partial charge in [-0.05, 0) is 65.3 Å². The zero-order chi connectivity index (χ0) is 21.2. The molecule has 1 atom stereocenters. The van der Waals surface area contributed by atoms with Gasteiger partial charge in [0.25, 0.3) is 5.91 Å². The molecule has 1 aliphatic heterocycles. The van der Waals surface area contributed by atoms with Crippen LogP contribution < -0.4 is 5.32 Å². The Morgan fingerprint density at radius 2 is 2.14 bits per heavy atom. The summed E-state index contributed by atoms with van der Waals surface area (Å²) in [7, 11) is 0. The third-order valence-electron chi connectivity index (χ3n) is 5.86. The van der Waals surface area contributed by atoms with Crippen molar-refractivity contribution in [3.63, 3.8) is 0 Å². The monoisotopic (exact) mass is 398 g/mol. The molecule has 1 saturated heterocycles. The van der Waals surface area contributed by atoms with Gasteiger partial charge in [0.05, 0.1) is 0 Å². The summed E-state index contributed by atoms with van der Waals surface area (Å²) in [6, 6.07) is 4.85. The summed E-state index contributed by atoms with van der Waals surface area (Å²) in [6.45, 7) is 13.0. The second-order valence-corrected chi connectivity index (χ2v) is 8.52. The molecule has 1 unspecified atom stereocenters. The van der Waals surface area contributed by atoms with E-state index in [1.54, 1.807) is 6.07 Å². The molecule has 2 aliphatic rings. The molecule has 6 heteroatoms. The van der Waals surface area contributed by atoms with Crippen molar-refractivity contribution in [3.05, 3.63) is 52.4 Å². The molecule has 0 aromatic carbocycles. The van der Waals surface area contributed by atoms with Gasteiger partial charge in [-0.25, -0.2) is 9.98 Å². The fourth-order valence-corrected chi connectivity index (χ4v) is 3.91. The maximum absolute atomic E-state index is 13.5. The Balaban J connectivity index is 1.84. The van der Waals surface area contributed by atoms with Crippen LogP contribution in [0.1, 0.15) is 65.0 Å². The minimum absolute atomic E-state index is 0.00431. The minimum atomic E-state index is -0.477. The molecule has 1 amide bonds. The molecule has 0 spiro atoms. The summed E-state index contributed by atoms with van der Waals surface area (Å²) in [5.41, 5.74) is 3.34. The Bertz CT molecular complexity index is 865. The first-order valence-corrected chi connectivity index (χ1v) is 10.4. The lowest BCUT2D eigenvalue weighted by atomic mass is 9.97. The van der Waals surface area contributed by atoms with Crippen LogP contribution in [0, 0.1) is 5.95 Å². The quantitative estimate of drug-likeness (QED) is 0.322. The highest BCUT2D eigenvalue weighted by atomic mass is 19.1. The molecule has 0 radical (unpaired) electrons. The number of aromatic nitrogens is 1. The first kappa shape index (κ1) is 21.2. The molecule has 5 nitrogen and oxygen atoms in total. The molecule has 2 fully saturated rings. The number of hydrogen-bond acceptors (Lipinski definition) is 4. The number of pyridine rings is 1. The number of amides is 1. The van der Waals surface area contributed by atoms with Crippen molar-refractivity contribution in [2.24, 2.45) is 4.99 Å². The van der Waals surface area contributed by atoms with E-state index in [0.29, 0.717) is 36.6 Å². The van der Waals surface area contributed by atoms with Crippen LogP contribution in [0.3, 0.4) is 0 Å². The van der Waals surface area contributed by atoms with Crippen molar-refractivity contribution in [3.8, 4) is 0 Å². The Hall–Kier alpha value is -2.50. The number of carbonyl (C=O) groups excluding carboxylic acids is 1. The lowest BCUT2D eigenvalue weighted by molar-refractivity contribution is -0.126. The van der Waals surface area contributed by atoms with Crippen LogP contribution in [-0.2, 0) is 4.79 Å². The summed E-state index contributed by atoms with van der Waals surface area (Å²) >= 11 is 0. The molecule has 29 heavy (non-hydrogen) atoms. The zero-order valence-corrected chi connectivity index (χ0v) is 17.9. The van der Waals surface area contributed by atoms with E-state index < -0.39 is 5.95 Å². The number of nitrogens with zero attached hydrogens (tertiary/aromatic N) is 3. The number of nitrogens with one attached hydrogen (secondary N) is 1. The van der Waals surface area contributed by atoms with E-state index in [9.17, 15) is 9.18 Å². The Morgan fingerprint density at radius 1 is 1.41 bits per heavy atom. The number of allylic oxidation sites excluding steroid dienone is 1. The van der Waals surface area contributed by atoms with Crippen LogP contribution in [0.5, 0.6) is 0 Å². The number of likely N-dealkylation sites (tertiary alicyclic amines) is 1. The summed E-state index contributed by atoms with van der Waals surface area (Å²) in [4.78, 5) is 23.6. The van der Waals surface area contributed by atoms with E-state index in [-0.39, 0.29) is 17.4 Å². The predicted octanol–water partition coefficient (Wildman–Crippen LogP) is 4.34. The van der Waals surface area contributed by atoms with Gasteiger partial charge >= 0.3 is 0 Å². The van der Waals surface area contributed by atoms with Crippen molar-refractivity contribution >= 4 is 12.6 Å². The first-order valence-electron chi connectivity index (χ1n) is 10.4. The standard InChI is InChI=1S/C23H31FN4O/c1-6-17(21(25-5)27-23(4)11-12-23)20(15(2)3)22(29)28-13-10-16(14-28)18-8-7-9-19(24)26-18/h7-9,16,27H,5-6,10-14H2,1-4H3/b21-17-. The van der Waals surface area contributed by atoms with E-state index >= 15 is 0 Å². The molecule has 1 saturated carbocycles. The topological polar surface area (TPSA) is 57.6 Å². The molecule has 1 aliphatic carbocycles. The number of aliphatic imine (C=N–C) groups is 1. The summed E-state index contributed by atoms with van der Waals surface area (Å²) in [5.74, 6) is 0.293. The SMILES string of the molecule is C=N/C(NC1(C)CC1)=C(\CC)C(C(=O)N1CCC(c2cccc(F)n2)C1)=C(C)C. The largest absolute Gasteiger partial charge is 0.365 e. The van der Waals surface area contributed by atoms with Gasteiger partial charge in [-0.1, -0.05) is 18.6 Å². The number of rotatable bonds is 7. The Kier molecular flexibility index (Phi) is 6.20. The molecule has 1 aromatic heterocycles. The van der Waals surface area contributed by atoms with Crippen LogP contribution >= 0.6 is 0 Å². The maximum Gasteiger partial charge on any atom is 0.254 e. The van der Waals surface area contributed by atoms with Gasteiger partial charge in [-0.3, -0.25) is 4.79 Å². The second kappa shape index (κ2) is 8.47. The number of carbonyl (C=O) groups is 1. The highest BCUT2D eigenvalue weighted by molar-refractivity contribution is 5.99. The fourth-order valence-electron chi connectivity index (χ4n) is 3.91. The third kappa shape index (κ3) is 4.74. The number of hydrogen-bond donors (Lipinski definition) is 1. The van der Waals surface area contributed by atoms with E-state index in [4.69, 9.17) is 0 Å². The molecule has 1 N–H and O–H groups in total. The van der Waals surface area contributed by atoms with Crippen LogP contribution in [0.4, 0.5) is 4.39 Å². The predicted molar refractivity (Wildman–Crippen MR) is 114 cm³/mol. The van der Waals surface area contributed by atoms with Crippen molar-refractivity contribution in [2.45, 2.75) is 64.8 Å². The second-order valence-electron chi connectivity index (χ2n) is 8.52. The van der Waals surface area contributed by atoms with Gasteiger partial charge in [0.1, 0.15) is 5.82 Å². The van der Waals surface area contributed by atoms with Crippen molar-refractivity contribution < 1.29 is 9.18 Å². The molecule has 156 valence electrons. The summed E-state index contributed by atoms with van der Waals surface area (Å²) in [6.07, 6.45) is 3.66. The van der Waals surface area contributed by atoms with E-state index in [1.165, 1.54) is 6.07 Å². The third-order valence-corrected chi connectivity index (χ3v) is 5.86. The molecule has 1 aromatic rings. The van der Waals surface area contributed by atoms with E-state index in [0.717, 1.165) is 30.4 Å². The van der Waals surface area contributed by atoms with E-state index in [2.05, 4.69) is 28.9 Å². The van der Waals surface area contributed by atoms with Gasteiger partial charge in [0.15, 0.2) is 0 Å². The van der Waals surface area contributed by atoms with Gasteiger partial charge in [0.2, 0.25) is 5.95 Å². The normalized spacial score (nSPS) is 20.7. The first-order chi connectivity index (χ1) is 13.8. The molecule has 0 bridgehead atoms. The summed E-state index contributed by atoms with van der Waals surface area (Å²) in [5, 5.41) is 3.48. The molecular weight excluding hydrogens is 367 g/mol. The Labute approximate surface area is 172 Å². The van der Waals surface area contributed by atoms with Gasteiger partial charge in [-0.2, -0.15) is 4.39 Å². The zero-order valence-electron chi connectivity index (χ0n) is 17.9. The van der Waals surface area contributed by atoms with Crippen LogP contribution in [-0.4, -0.2) is 41.1 Å². The smallest absolute Gasteiger partial charge is 0.254 e. The maximum atomic E-state index is 13.5. The average molecular weight is 399 g/mol. The highest BCUT2D eigenvalue weighted by Gasteiger charge is 2.39. The van der Waals surface area contributed by atoms with Crippen molar-refractivity contribution in [1.82, 2.24) is 15.2 Å². The molecular formula is C23H31FN4O. The average Bonchev–Trinajstić information content (AvgIpc) is 3.21. The van der Waals surface area contributed by atoms with Crippen LogP contribution in [0.15, 0.2) is 45.7 Å². The van der Waals surface area contributed by atoms with Crippen molar-refractivity contribution in [2.75, 3.05) is 13.1 Å². The Morgan fingerprint density at radius 3 is 2.69 bits per heavy atom. The van der Waals surface area contributed by atoms with Crippen LogP contribution in [0.25, 0.3) is 0 Å². The van der Waals surface area contributed by atoms with Crippen LogP contribution in [0.2, 0.25) is 0 Å². The van der Waals surface area contributed by atoms with Gasteiger partial charge in [0, 0.05) is 41.4 Å². The lowest BCUT2D eigenvalue weighted by Gasteiger charge is -2.24. The minimum Gasteiger partial charge on any atom is -0.365 e. The van der Waals surface area contributed by atoms with E-state index in [1.807, 2.05) is 31.7 Å². The lowest BCUT2D eigenvalue weighted by Crippen LogP contribution is -2.33. The van der Waals surface area contributed by atoms with Gasteiger partial charge < -0.3 is 10.2 Å². The molecule has 2 heterocycles. The number of halogens is 1.